The van der Waals surface area contributed by atoms with Crippen LogP contribution in [0.3, 0.4) is 0 Å². The van der Waals surface area contributed by atoms with E-state index in [1.807, 2.05) is 48.5 Å². The third-order valence-electron chi connectivity index (χ3n) is 5.46. The Kier molecular flexibility index (Phi) is 7.47. The predicted molar refractivity (Wildman–Crippen MR) is 131 cm³/mol. The molecule has 8 heteroatoms. The van der Waals surface area contributed by atoms with Gasteiger partial charge in [-0.3, -0.25) is 9.69 Å². The van der Waals surface area contributed by atoms with Crippen molar-refractivity contribution in [1.82, 2.24) is 14.9 Å². The van der Waals surface area contributed by atoms with Crippen LogP contribution < -0.4 is 10.6 Å². The van der Waals surface area contributed by atoms with Crippen molar-refractivity contribution in [3.05, 3.63) is 65.4 Å². The van der Waals surface area contributed by atoms with Crippen LogP contribution in [-0.2, 0) is 9.53 Å². The number of methoxy groups -OCH3 is 1. The monoisotopic (exact) mass is 495 g/mol. The Morgan fingerprint density at radius 2 is 2.16 bits per heavy atom. The van der Waals surface area contributed by atoms with Gasteiger partial charge in [-0.1, -0.05) is 28.1 Å². The zero-order chi connectivity index (χ0) is 22.3. The van der Waals surface area contributed by atoms with Crippen molar-refractivity contribution in [2.45, 2.75) is 18.9 Å². The van der Waals surface area contributed by atoms with E-state index in [1.54, 1.807) is 13.2 Å². The van der Waals surface area contributed by atoms with E-state index in [-0.39, 0.29) is 5.91 Å². The minimum atomic E-state index is -0.162. The van der Waals surface area contributed by atoms with Gasteiger partial charge in [-0.05, 0) is 55.8 Å². The molecule has 1 aliphatic heterocycles. The number of hydrogen-bond donors (Lipinski definition) is 2. The second kappa shape index (κ2) is 10.7. The fraction of sp³-hybridized carbons (Fsp3) is 0.292. The molecule has 0 aliphatic carbocycles. The number of likely N-dealkylation sites (tertiary alicyclic amines) is 1. The molecule has 3 aromatic rings. The van der Waals surface area contributed by atoms with Crippen LogP contribution in [0.25, 0.3) is 10.9 Å². The molecule has 1 amide bonds. The Labute approximate surface area is 196 Å². The molecule has 0 saturated carbocycles. The van der Waals surface area contributed by atoms with E-state index in [9.17, 15) is 4.79 Å². The van der Waals surface area contributed by atoms with Gasteiger partial charge < -0.3 is 15.4 Å². The van der Waals surface area contributed by atoms with Crippen LogP contribution in [0.1, 0.15) is 12.8 Å². The molecule has 1 aliphatic rings. The molecular weight excluding hydrogens is 470 g/mol. The lowest BCUT2D eigenvalue weighted by Gasteiger charge is -2.21. The number of nitrogens with one attached hydrogen (secondary N) is 2. The number of anilines is 3. The largest absolute Gasteiger partial charge is 0.383 e. The quantitative estimate of drug-likeness (QED) is 0.439. The molecule has 2 aromatic carbocycles. The predicted octanol–water partition coefficient (Wildman–Crippen LogP) is 4.74. The first-order valence-electron chi connectivity index (χ1n) is 10.6. The maximum Gasteiger partial charge on any atom is 0.248 e. The summed E-state index contributed by atoms with van der Waals surface area (Å²) in [6.45, 7) is 2.52. The summed E-state index contributed by atoms with van der Waals surface area (Å²) in [5, 5.41) is 7.09. The van der Waals surface area contributed by atoms with Crippen LogP contribution in [0.4, 0.5) is 17.2 Å². The maximum absolute atomic E-state index is 12.4. The first kappa shape index (κ1) is 22.4. The molecule has 1 unspecified atom stereocenters. The van der Waals surface area contributed by atoms with Crippen LogP contribution in [-0.4, -0.2) is 53.6 Å². The maximum atomic E-state index is 12.4. The number of carbonyl (C=O) groups excluding carboxylic acids is 1. The zero-order valence-corrected chi connectivity index (χ0v) is 19.5. The average molecular weight is 496 g/mol. The molecule has 2 heterocycles. The molecule has 4 rings (SSSR count). The fourth-order valence-corrected chi connectivity index (χ4v) is 4.33. The molecule has 0 radical (unpaired) electrons. The van der Waals surface area contributed by atoms with Crippen molar-refractivity contribution in [3.63, 3.8) is 0 Å². The number of ether oxygens (including phenoxy) is 1. The van der Waals surface area contributed by atoms with Crippen molar-refractivity contribution in [2.75, 3.05) is 37.4 Å². The van der Waals surface area contributed by atoms with Gasteiger partial charge in [-0.2, -0.15) is 0 Å². The highest BCUT2D eigenvalue weighted by Gasteiger charge is 2.22. The Morgan fingerprint density at radius 3 is 3.00 bits per heavy atom. The Hall–Kier alpha value is -2.81. The number of carbonyl (C=O) groups is 1. The number of rotatable bonds is 8. The molecule has 2 N–H and O–H groups in total. The van der Waals surface area contributed by atoms with E-state index >= 15 is 0 Å². The van der Waals surface area contributed by atoms with Crippen LogP contribution in [0.15, 0.2) is 65.4 Å². The van der Waals surface area contributed by atoms with E-state index in [1.165, 1.54) is 12.7 Å². The van der Waals surface area contributed by atoms with Crippen molar-refractivity contribution in [1.29, 1.82) is 0 Å². The molecule has 1 saturated heterocycles. The van der Waals surface area contributed by atoms with Gasteiger partial charge in [-0.25, -0.2) is 9.97 Å². The van der Waals surface area contributed by atoms with Crippen LogP contribution in [0.5, 0.6) is 0 Å². The van der Waals surface area contributed by atoms with E-state index in [0.717, 1.165) is 47.2 Å². The first-order chi connectivity index (χ1) is 15.6. The standard InChI is InChI=1S/C24H26BrN5O2/c1-32-15-20-7-3-11-30(20)12-4-8-23(31)28-19-9-10-22-21(14-19)24(27-16-26-22)29-18-6-2-5-17(25)13-18/h2,4-6,8-10,13-14,16,20H,3,7,11-12,15H2,1H3,(H,28,31)(H,26,27,29)/b8-4-. The topological polar surface area (TPSA) is 79.4 Å². The summed E-state index contributed by atoms with van der Waals surface area (Å²) in [6, 6.07) is 13.9. The lowest BCUT2D eigenvalue weighted by Crippen LogP contribution is -2.33. The highest BCUT2D eigenvalue weighted by atomic mass is 79.9. The highest BCUT2D eigenvalue weighted by molar-refractivity contribution is 9.10. The molecule has 1 atom stereocenters. The molecule has 166 valence electrons. The molecule has 0 spiro atoms. The van der Waals surface area contributed by atoms with Crippen molar-refractivity contribution in [2.24, 2.45) is 0 Å². The summed E-state index contributed by atoms with van der Waals surface area (Å²) in [6.07, 6.45) is 7.34. The van der Waals surface area contributed by atoms with E-state index in [2.05, 4.69) is 41.4 Å². The minimum Gasteiger partial charge on any atom is -0.383 e. The summed E-state index contributed by atoms with van der Waals surface area (Å²) in [5.74, 6) is 0.517. The molecule has 32 heavy (non-hydrogen) atoms. The van der Waals surface area contributed by atoms with Crippen molar-refractivity contribution < 1.29 is 9.53 Å². The third-order valence-corrected chi connectivity index (χ3v) is 5.95. The number of fused-ring (bicyclic) bond motifs is 1. The lowest BCUT2D eigenvalue weighted by atomic mass is 10.2. The molecule has 1 fully saturated rings. The van der Waals surface area contributed by atoms with Gasteiger partial charge >= 0.3 is 0 Å². The van der Waals surface area contributed by atoms with Gasteiger partial charge in [0.1, 0.15) is 12.1 Å². The normalized spacial score (nSPS) is 16.6. The summed E-state index contributed by atoms with van der Waals surface area (Å²) >= 11 is 3.48. The van der Waals surface area contributed by atoms with Crippen LogP contribution in [0.2, 0.25) is 0 Å². The van der Waals surface area contributed by atoms with Gasteiger partial charge in [-0.15, -0.1) is 0 Å². The number of hydrogen-bond acceptors (Lipinski definition) is 6. The highest BCUT2D eigenvalue weighted by Crippen LogP contribution is 2.27. The molecular formula is C24H26BrN5O2. The smallest absolute Gasteiger partial charge is 0.248 e. The number of halogens is 1. The zero-order valence-electron chi connectivity index (χ0n) is 17.9. The van der Waals surface area contributed by atoms with E-state index in [4.69, 9.17) is 4.74 Å². The minimum absolute atomic E-state index is 0.162. The second-order valence-corrected chi connectivity index (χ2v) is 8.64. The first-order valence-corrected chi connectivity index (χ1v) is 11.4. The average Bonchev–Trinajstić information content (AvgIpc) is 3.21. The summed E-state index contributed by atoms with van der Waals surface area (Å²) in [7, 11) is 1.73. The van der Waals surface area contributed by atoms with Crippen molar-refractivity contribution in [3.8, 4) is 0 Å². The van der Waals surface area contributed by atoms with Gasteiger partial charge in [0.15, 0.2) is 0 Å². The van der Waals surface area contributed by atoms with Crippen LogP contribution >= 0.6 is 15.9 Å². The van der Waals surface area contributed by atoms with Gasteiger partial charge in [0.05, 0.1) is 12.1 Å². The number of benzene rings is 2. The molecule has 0 bridgehead atoms. The Bertz CT molecular complexity index is 1120. The third kappa shape index (κ3) is 5.70. The summed E-state index contributed by atoms with van der Waals surface area (Å²) in [5.41, 5.74) is 2.40. The second-order valence-electron chi connectivity index (χ2n) is 7.73. The Morgan fingerprint density at radius 1 is 1.25 bits per heavy atom. The van der Waals surface area contributed by atoms with Gasteiger partial charge in [0.25, 0.3) is 0 Å². The summed E-state index contributed by atoms with van der Waals surface area (Å²) in [4.78, 5) is 23.5. The lowest BCUT2D eigenvalue weighted by molar-refractivity contribution is -0.111. The molecule has 7 nitrogen and oxygen atoms in total. The SMILES string of the molecule is COCC1CCCN1C/C=C\C(=O)Nc1ccc2ncnc(Nc3cccc(Br)c3)c2c1. The van der Waals surface area contributed by atoms with E-state index in [0.29, 0.717) is 17.5 Å². The Balaban J connectivity index is 1.43. The van der Waals surface area contributed by atoms with Crippen LogP contribution in [0, 0.1) is 0 Å². The van der Waals surface area contributed by atoms with E-state index < -0.39 is 0 Å². The number of nitrogens with zero attached hydrogens (tertiary/aromatic N) is 3. The number of aromatic nitrogens is 2. The van der Waals surface area contributed by atoms with Gasteiger partial charge in [0, 0.05) is 47.0 Å². The van der Waals surface area contributed by atoms with Crippen molar-refractivity contribution >= 4 is 49.9 Å². The van der Waals surface area contributed by atoms with Gasteiger partial charge in [0.2, 0.25) is 5.91 Å². The fourth-order valence-electron chi connectivity index (χ4n) is 3.93. The molecule has 1 aromatic heterocycles. The summed E-state index contributed by atoms with van der Waals surface area (Å²) < 4.78 is 6.26. The number of amides is 1.